The number of hydrazone groups is 1. The van der Waals surface area contributed by atoms with Gasteiger partial charge in [-0.3, -0.25) is 4.79 Å². The monoisotopic (exact) mass is 332 g/mol. The second kappa shape index (κ2) is 8.10. The predicted molar refractivity (Wildman–Crippen MR) is 88.6 cm³/mol. The van der Waals surface area contributed by atoms with Crippen LogP contribution in [0.1, 0.15) is 15.9 Å². The van der Waals surface area contributed by atoms with Crippen LogP contribution in [0.4, 0.5) is 4.39 Å². The zero-order valence-electron chi connectivity index (χ0n) is 12.1. The lowest BCUT2D eigenvalue weighted by Crippen LogP contribution is -2.17. The van der Waals surface area contributed by atoms with Crippen molar-refractivity contribution in [3.8, 4) is 5.75 Å². The van der Waals surface area contributed by atoms with E-state index in [1.54, 1.807) is 24.3 Å². The van der Waals surface area contributed by atoms with Gasteiger partial charge in [0.15, 0.2) is 0 Å². The van der Waals surface area contributed by atoms with Crippen molar-refractivity contribution in [2.24, 2.45) is 5.10 Å². The standard InChI is InChI=1S/C17H14ClFN2O2/c1-2-9-23-16-8-5-14(18)10-13(16)11-20-21-17(22)12-3-6-15(19)7-4-12/h2-8,10-11H,1,9H2,(H,21,22)/b20-11-. The number of hydrogen-bond donors (Lipinski definition) is 1. The average Bonchev–Trinajstić information content (AvgIpc) is 2.54. The largest absolute Gasteiger partial charge is 0.489 e. The first-order valence-corrected chi connectivity index (χ1v) is 7.10. The Balaban J connectivity index is 2.07. The van der Waals surface area contributed by atoms with Gasteiger partial charge >= 0.3 is 0 Å². The second-order valence-corrected chi connectivity index (χ2v) is 4.92. The van der Waals surface area contributed by atoms with Crippen LogP contribution in [0.15, 0.2) is 60.2 Å². The highest BCUT2D eigenvalue weighted by molar-refractivity contribution is 6.30. The number of halogens is 2. The van der Waals surface area contributed by atoms with Crippen molar-refractivity contribution >= 4 is 23.7 Å². The van der Waals surface area contributed by atoms with Crippen molar-refractivity contribution in [2.75, 3.05) is 6.61 Å². The molecule has 0 saturated carbocycles. The van der Waals surface area contributed by atoms with Crippen LogP contribution in [0.3, 0.4) is 0 Å². The highest BCUT2D eigenvalue weighted by atomic mass is 35.5. The van der Waals surface area contributed by atoms with Gasteiger partial charge in [-0.2, -0.15) is 5.10 Å². The minimum absolute atomic E-state index is 0.303. The van der Waals surface area contributed by atoms with Crippen LogP contribution in [-0.2, 0) is 0 Å². The summed E-state index contributed by atoms with van der Waals surface area (Å²) in [6, 6.07) is 10.2. The molecule has 2 aromatic carbocycles. The minimum atomic E-state index is -0.447. The quantitative estimate of drug-likeness (QED) is 0.497. The Morgan fingerprint density at radius 3 is 2.74 bits per heavy atom. The van der Waals surface area contributed by atoms with Crippen LogP contribution in [-0.4, -0.2) is 18.7 Å². The molecular formula is C17H14ClFN2O2. The van der Waals surface area contributed by atoms with E-state index in [0.717, 1.165) is 0 Å². The van der Waals surface area contributed by atoms with E-state index in [-0.39, 0.29) is 0 Å². The topological polar surface area (TPSA) is 50.7 Å². The molecule has 0 unspecified atom stereocenters. The summed E-state index contributed by atoms with van der Waals surface area (Å²) in [6.07, 6.45) is 3.04. The lowest BCUT2D eigenvalue weighted by Gasteiger charge is -2.07. The molecule has 0 aliphatic heterocycles. The fraction of sp³-hybridized carbons (Fsp3) is 0.0588. The molecule has 118 valence electrons. The summed E-state index contributed by atoms with van der Waals surface area (Å²) in [5.74, 6) is -0.293. The highest BCUT2D eigenvalue weighted by Crippen LogP contribution is 2.21. The smallest absolute Gasteiger partial charge is 0.271 e. The van der Waals surface area contributed by atoms with Crippen LogP contribution in [0.25, 0.3) is 0 Å². The Kier molecular flexibility index (Phi) is 5.88. The van der Waals surface area contributed by atoms with Crippen LogP contribution >= 0.6 is 11.6 Å². The molecule has 2 rings (SSSR count). The molecule has 0 spiro atoms. The second-order valence-electron chi connectivity index (χ2n) is 4.49. The van der Waals surface area contributed by atoms with E-state index >= 15 is 0 Å². The van der Waals surface area contributed by atoms with Gasteiger partial charge in [-0.15, -0.1) is 0 Å². The molecule has 0 radical (unpaired) electrons. The molecule has 4 nitrogen and oxygen atoms in total. The van der Waals surface area contributed by atoms with Gasteiger partial charge in [-0.05, 0) is 42.5 Å². The molecule has 0 heterocycles. The molecule has 0 aromatic heterocycles. The van der Waals surface area contributed by atoms with Crippen LogP contribution < -0.4 is 10.2 Å². The molecule has 6 heteroatoms. The normalized spacial score (nSPS) is 10.5. The number of ether oxygens (including phenoxy) is 1. The Morgan fingerprint density at radius 1 is 1.30 bits per heavy atom. The zero-order chi connectivity index (χ0) is 16.7. The van der Waals surface area contributed by atoms with E-state index in [2.05, 4.69) is 17.1 Å². The van der Waals surface area contributed by atoms with Gasteiger partial charge in [-0.1, -0.05) is 24.3 Å². The van der Waals surface area contributed by atoms with Gasteiger partial charge in [0.25, 0.3) is 5.91 Å². The van der Waals surface area contributed by atoms with Gasteiger partial charge in [0.05, 0.1) is 6.21 Å². The molecule has 0 aliphatic rings. The lowest BCUT2D eigenvalue weighted by molar-refractivity contribution is 0.0955. The summed E-state index contributed by atoms with van der Waals surface area (Å²) in [7, 11) is 0. The maximum atomic E-state index is 12.8. The number of nitrogens with one attached hydrogen (secondary N) is 1. The summed E-state index contributed by atoms with van der Waals surface area (Å²) in [5.41, 5.74) is 3.27. The van der Waals surface area contributed by atoms with Crippen molar-refractivity contribution in [2.45, 2.75) is 0 Å². The summed E-state index contributed by atoms with van der Waals surface area (Å²) in [4.78, 5) is 11.9. The van der Waals surface area contributed by atoms with Crippen LogP contribution in [0.5, 0.6) is 5.75 Å². The number of rotatable bonds is 6. The van der Waals surface area contributed by atoms with Crippen molar-refractivity contribution in [1.82, 2.24) is 5.43 Å². The summed E-state index contributed by atoms with van der Waals surface area (Å²) >= 11 is 5.94. The molecule has 0 bridgehead atoms. The highest BCUT2D eigenvalue weighted by Gasteiger charge is 2.05. The van der Waals surface area contributed by atoms with E-state index in [0.29, 0.717) is 28.5 Å². The van der Waals surface area contributed by atoms with Crippen LogP contribution in [0, 0.1) is 5.82 Å². The first-order chi connectivity index (χ1) is 11.1. The molecule has 23 heavy (non-hydrogen) atoms. The molecule has 1 N–H and O–H groups in total. The van der Waals surface area contributed by atoms with Gasteiger partial charge in [0.2, 0.25) is 0 Å². The molecule has 2 aromatic rings. The molecule has 0 aliphatic carbocycles. The Labute approximate surface area is 138 Å². The first kappa shape index (κ1) is 16.7. The zero-order valence-corrected chi connectivity index (χ0v) is 12.9. The fourth-order valence-electron chi connectivity index (χ4n) is 1.73. The fourth-order valence-corrected chi connectivity index (χ4v) is 1.91. The van der Waals surface area contributed by atoms with E-state index in [4.69, 9.17) is 16.3 Å². The summed E-state index contributed by atoms with van der Waals surface area (Å²) < 4.78 is 18.3. The Hall–Kier alpha value is -2.66. The first-order valence-electron chi connectivity index (χ1n) is 6.72. The van der Waals surface area contributed by atoms with E-state index < -0.39 is 11.7 Å². The van der Waals surface area contributed by atoms with E-state index in [1.807, 2.05) is 0 Å². The van der Waals surface area contributed by atoms with E-state index in [1.165, 1.54) is 30.5 Å². The number of nitrogens with zero attached hydrogens (tertiary/aromatic N) is 1. The number of hydrogen-bond acceptors (Lipinski definition) is 3. The Bertz CT molecular complexity index is 730. The molecule has 0 saturated heterocycles. The number of carbonyl (C=O) groups excluding carboxylic acids is 1. The lowest BCUT2D eigenvalue weighted by atomic mass is 10.2. The van der Waals surface area contributed by atoms with Gasteiger partial charge in [-0.25, -0.2) is 9.82 Å². The van der Waals surface area contributed by atoms with Crippen molar-refractivity contribution in [1.29, 1.82) is 0 Å². The third-order valence-electron chi connectivity index (χ3n) is 2.80. The van der Waals surface area contributed by atoms with E-state index in [9.17, 15) is 9.18 Å². The SMILES string of the molecule is C=CCOc1ccc(Cl)cc1/C=N\NC(=O)c1ccc(F)cc1. The number of amides is 1. The third kappa shape index (κ3) is 4.93. The molecular weight excluding hydrogens is 319 g/mol. The van der Waals surface area contributed by atoms with Gasteiger partial charge in [0, 0.05) is 16.1 Å². The summed E-state index contributed by atoms with van der Waals surface area (Å²) in [5, 5.41) is 4.38. The van der Waals surface area contributed by atoms with Crippen molar-refractivity contribution in [3.05, 3.63) is 77.1 Å². The van der Waals surface area contributed by atoms with Gasteiger partial charge < -0.3 is 4.74 Å². The van der Waals surface area contributed by atoms with Crippen molar-refractivity contribution in [3.63, 3.8) is 0 Å². The molecule has 1 amide bonds. The maximum Gasteiger partial charge on any atom is 0.271 e. The minimum Gasteiger partial charge on any atom is -0.489 e. The maximum absolute atomic E-state index is 12.8. The molecule has 0 fully saturated rings. The molecule has 0 atom stereocenters. The number of carbonyl (C=O) groups is 1. The Morgan fingerprint density at radius 2 is 2.04 bits per heavy atom. The van der Waals surface area contributed by atoms with Crippen molar-refractivity contribution < 1.29 is 13.9 Å². The number of benzene rings is 2. The van der Waals surface area contributed by atoms with Crippen LogP contribution in [0.2, 0.25) is 5.02 Å². The predicted octanol–water partition coefficient (Wildman–Crippen LogP) is 3.81. The summed E-state index contributed by atoms with van der Waals surface area (Å²) in [6.45, 7) is 3.92. The average molecular weight is 333 g/mol. The third-order valence-corrected chi connectivity index (χ3v) is 3.04. The van der Waals surface area contributed by atoms with Gasteiger partial charge in [0.1, 0.15) is 18.2 Å².